The van der Waals surface area contributed by atoms with Crippen LogP contribution in [0.25, 0.3) is 11.1 Å². The molecule has 96 valence electrons. The normalized spacial score (nSPS) is 10.2. The van der Waals surface area contributed by atoms with Gasteiger partial charge in [-0.15, -0.1) is 0 Å². The number of nitriles is 1. The summed E-state index contributed by atoms with van der Waals surface area (Å²) in [5.41, 5.74) is 3.78. The van der Waals surface area contributed by atoms with Crippen molar-refractivity contribution in [2.75, 3.05) is 6.54 Å². The summed E-state index contributed by atoms with van der Waals surface area (Å²) >= 11 is 6.28. The molecule has 0 spiro atoms. The molecule has 2 nitrogen and oxygen atoms in total. The van der Waals surface area contributed by atoms with Crippen LogP contribution in [0.5, 0.6) is 0 Å². The molecule has 0 saturated carbocycles. The zero-order valence-corrected chi connectivity index (χ0v) is 11.5. The van der Waals surface area contributed by atoms with E-state index in [2.05, 4.69) is 18.3 Å². The van der Waals surface area contributed by atoms with Gasteiger partial charge in [0.15, 0.2) is 0 Å². The number of halogens is 1. The second-order valence-corrected chi connectivity index (χ2v) is 4.69. The van der Waals surface area contributed by atoms with E-state index < -0.39 is 0 Å². The highest BCUT2D eigenvalue weighted by molar-refractivity contribution is 6.31. The molecular weight excluding hydrogens is 256 g/mol. The van der Waals surface area contributed by atoms with E-state index in [4.69, 9.17) is 16.9 Å². The molecule has 0 fully saturated rings. The van der Waals surface area contributed by atoms with Crippen molar-refractivity contribution in [2.24, 2.45) is 0 Å². The molecule has 0 heterocycles. The highest BCUT2D eigenvalue weighted by Gasteiger charge is 2.04. The van der Waals surface area contributed by atoms with Crippen LogP contribution in [-0.2, 0) is 6.54 Å². The first-order valence-electron chi connectivity index (χ1n) is 6.24. The lowest BCUT2D eigenvalue weighted by atomic mass is 10.0. The van der Waals surface area contributed by atoms with Gasteiger partial charge < -0.3 is 5.32 Å². The molecule has 0 bridgehead atoms. The van der Waals surface area contributed by atoms with Crippen molar-refractivity contribution < 1.29 is 0 Å². The quantitative estimate of drug-likeness (QED) is 0.912. The summed E-state index contributed by atoms with van der Waals surface area (Å²) in [6.45, 7) is 3.76. The average Bonchev–Trinajstić information content (AvgIpc) is 2.46. The third-order valence-corrected chi connectivity index (χ3v) is 3.30. The summed E-state index contributed by atoms with van der Waals surface area (Å²) in [6, 6.07) is 15.7. The number of nitrogens with zero attached hydrogens (tertiary/aromatic N) is 1. The molecule has 1 N–H and O–H groups in total. The molecule has 2 aromatic rings. The fraction of sp³-hybridized carbons (Fsp3) is 0.188. The van der Waals surface area contributed by atoms with Gasteiger partial charge in [0.2, 0.25) is 0 Å². The monoisotopic (exact) mass is 270 g/mol. The van der Waals surface area contributed by atoms with Crippen molar-refractivity contribution in [2.45, 2.75) is 13.5 Å². The minimum Gasteiger partial charge on any atom is -0.313 e. The van der Waals surface area contributed by atoms with Crippen LogP contribution in [-0.4, -0.2) is 6.54 Å². The van der Waals surface area contributed by atoms with Crippen molar-refractivity contribution in [1.29, 1.82) is 5.26 Å². The molecule has 0 radical (unpaired) electrons. The van der Waals surface area contributed by atoms with Crippen LogP contribution < -0.4 is 5.32 Å². The van der Waals surface area contributed by atoms with Crippen LogP contribution >= 0.6 is 11.6 Å². The van der Waals surface area contributed by atoms with Gasteiger partial charge in [-0.1, -0.05) is 42.8 Å². The predicted octanol–water partition coefficient (Wildman–Crippen LogP) is 3.99. The van der Waals surface area contributed by atoms with Crippen molar-refractivity contribution in [3.63, 3.8) is 0 Å². The van der Waals surface area contributed by atoms with E-state index in [9.17, 15) is 0 Å². The van der Waals surface area contributed by atoms with Crippen LogP contribution in [0.2, 0.25) is 5.02 Å². The van der Waals surface area contributed by atoms with Gasteiger partial charge in [0.25, 0.3) is 0 Å². The Morgan fingerprint density at radius 2 is 1.95 bits per heavy atom. The second kappa shape index (κ2) is 6.38. The summed E-state index contributed by atoms with van der Waals surface area (Å²) in [7, 11) is 0. The first kappa shape index (κ1) is 13.6. The molecule has 0 aliphatic rings. The molecule has 2 rings (SSSR count). The van der Waals surface area contributed by atoms with Crippen molar-refractivity contribution in [3.05, 3.63) is 58.6 Å². The van der Waals surface area contributed by atoms with Gasteiger partial charge in [0.05, 0.1) is 11.6 Å². The van der Waals surface area contributed by atoms with Crippen LogP contribution in [0.15, 0.2) is 42.5 Å². The van der Waals surface area contributed by atoms with E-state index in [-0.39, 0.29) is 0 Å². The zero-order chi connectivity index (χ0) is 13.7. The molecule has 19 heavy (non-hydrogen) atoms. The maximum absolute atomic E-state index is 8.92. The first-order valence-corrected chi connectivity index (χ1v) is 6.62. The Morgan fingerprint density at radius 3 is 2.63 bits per heavy atom. The maximum Gasteiger partial charge on any atom is 0.0991 e. The molecule has 2 aromatic carbocycles. The van der Waals surface area contributed by atoms with Gasteiger partial charge in [-0.3, -0.25) is 0 Å². The van der Waals surface area contributed by atoms with Gasteiger partial charge >= 0.3 is 0 Å². The fourth-order valence-corrected chi connectivity index (χ4v) is 2.15. The van der Waals surface area contributed by atoms with Gasteiger partial charge in [-0.2, -0.15) is 5.26 Å². The molecule has 3 heteroatoms. The summed E-state index contributed by atoms with van der Waals surface area (Å²) in [5.74, 6) is 0. The molecule has 0 atom stereocenters. The summed E-state index contributed by atoms with van der Waals surface area (Å²) in [5, 5.41) is 12.9. The van der Waals surface area contributed by atoms with E-state index >= 15 is 0 Å². The summed E-state index contributed by atoms with van der Waals surface area (Å²) in [4.78, 5) is 0. The second-order valence-electron chi connectivity index (χ2n) is 4.28. The highest BCUT2D eigenvalue weighted by Crippen LogP contribution is 2.26. The van der Waals surface area contributed by atoms with Gasteiger partial charge in [-0.05, 0) is 41.4 Å². The number of nitrogens with one attached hydrogen (secondary N) is 1. The predicted molar refractivity (Wildman–Crippen MR) is 79.0 cm³/mol. The van der Waals surface area contributed by atoms with Crippen LogP contribution in [0.3, 0.4) is 0 Å². The molecule has 0 amide bonds. The van der Waals surface area contributed by atoms with E-state index in [1.807, 2.05) is 36.4 Å². The molecule has 0 aromatic heterocycles. The van der Waals surface area contributed by atoms with Crippen LogP contribution in [0.4, 0.5) is 0 Å². The van der Waals surface area contributed by atoms with Gasteiger partial charge in [-0.25, -0.2) is 0 Å². The van der Waals surface area contributed by atoms with Crippen molar-refractivity contribution >= 4 is 11.6 Å². The van der Waals surface area contributed by atoms with Gasteiger partial charge in [0.1, 0.15) is 0 Å². The first-order chi connectivity index (χ1) is 9.24. The van der Waals surface area contributed by atoms with E-state index in [0.29, 0.717) is 5.56 Å². The Bertz CT molecular complexity index is 614. The molecule has 0 aliphatic carbocycles. The molecule has 0 unspecified atom stereocenters. The topological polar surface area (TPSA) is 35.8 Å². The third kappa shape index (κ3) is 3.35. The molecule has 0 saturated heterocycles. The Kier molecular flexibility index (Phi) is 4.57. The average molecular weight is 271 g/mol. The maximum atomic E-state index is 8.92. The molecule has 0 aliphatic heterocycles. The Labute approximate surface area is 118 Å². The summed E-state index contributed by atoms with van der Waals surface area (Å²) in [6.07, 6.45) is 0. The van der Waals surface area contributed by atoms with E-state index in [0.717, 1.165) is 34.8 Å². The SMILES string of the molecule is CCNCc1ccc(-c2cccc(C#N)c2)cc1Cl. The zero-order valence-electron chi connectivity index (χ0n) is 10.8. The Balaban J connectivity index is 2.31. The van der Waals surface area contributed by atoms with E-state index in [1.165, 1.54) is 0 Å². The number of rotatable bonds is 4. The Morgan fingerprint density at radius 1 is 1.16 bits per heavy atom. The van der Waals surface area contributed by atoms with Crippen LogP contribution in [0.1, 0.15) is 18.1 Å². The van der Waals surface area contributed by atoms with Crippen molar-refractivity contribution in [3.8, 4) is 17.2 Å². The number of hydrogen-bond donors (Lipinski definition) is 1. The fourth-order valence-electron chi connectivity index (χ4n) is 1.90. The van der Waals surface area contributed by atoms with E-state index in [1.54, 1.807) is 6.07 Å². The highest BCUT2D eigenvalue weighted by atomic mass is 35.5. The number of benzene rings is 2. The lowest BCUT2D eigenvalue weighted by molar-refractivity contribution is 0.727. The standard InChI is InChI=1S/C16H15ClN2/c1-2-19-11-15-7-6-14(9-16(15)17)13-5-3-4-12(8-13)10-18/h3-9,19H,2,11H2,1H3. The minimum atomic E-state index is 0.658. The Hall–Kier alpha value is -1.82. The lowest BCUT2D eigenvalue weighted by Gasteiger charge is -2.08. The third-order valence-electron chi connectivity index (χ3n) is 2.94. The molecular formula is C16H15ClN2. The smallest absolute Gasteiger partial charge is 0.0991 e. The van der Waals surface area contributed by atoms with Crippen LogP contribution in [0, 0.1) is 11.3 Å². The van der Waals surface area contributed by atoms with Crippen molar-refractivity contribution in [1.82, 2.24) is 5.32 Å². The lowest BCUT2D eigenvalue weighted by Crippen LogP contribution is -2.11. The minimum absolute atomic E-state index is 0.658. The number of hydrogen-bond acceptors (Lipinski definition) is 2. The summed E-state index contributed by atoms with van der Waals surface area (Å²) < 4.78 is 0. The van der Waals surface area contributed by atoms with Gasteiger partial charge in [0, 0.05) is 11.6 Å². The largest absolute Gasteiger partial charge is 0.313 e.